The Hall–Kier alpha value is -2.84. The first-order valence-corrected chi connectivity index (χ1v) is 12.1. The van der Waals surface area contributed by atoms with Crippen LogP contribution in [0.25, 0.3) is 6.08 Å². The van der Waals surface area contributed by atoms with Crippen molar-refractivity contribution in [1.82, 2.24) is 0 Å². The molecular weight excluding hydrogens is 504 g/mol. The molecule has 12 nitrogen and oxygen atoms in total. The van der Waals surface area contributed by atoms with Gasteiger partial charge in [0.1, 0.15) is 41.9 Å². The minimum Gasteiger partial charge on any atom is -0.497 e. The van der Waals surface area contributed by atoms with Gasteiger partial charge in [0.05, 0.1) is 31.5 Å². The Morgan fingerprint density at radius 2 is 1.84 bits per heavy atom. The van der Waals surface area contributed by atoms with Crippen molar-refractivity contribution in [2.45, 2.75) is 62.0 Å². The fourth-order valence-corrected chi connectivity index (χ4v) is 5.18. The molecule has 0 aromatic heterocycles. The molecule has 208 valence electrons. The predicted molar refractivity (Wildman–Crippen MR) is 128 cm³/mol. The van der Waals surface area contributed by atoms with Crippen LogP contribution in [0.15, 0.2) is 42.2 Å². The number of carbonyl (C=O) groups is 2. The summed E-state index contributed by atoms with van der Waals surface area (Å²) in [5.74, 6) is -1.52. The minimum atomic E-state index is -1.79. The normalized spacial score (nSPS) is 38.7. The Labute approximate surface area is 218 Å². The zero-order chi connectivity index (χ0) is 27.6. The van der Waals surface area contributed by atoms with Crippen molar-refractivity contribution in [1.29, 1.82) is 0 Å². The molecule has 4 rings (SSSR count). The molecule has 1 saturated heterocycles. The highest BCUT2D eigenvalue weighted by atomic mass is 16.8. The minimum absolute atomic E-state index is 0.0738. The highest BCUT2D eigenvalue weighted by Gasteiger charge is 2.61. The number of hydrogen-bond acceptors (Lipinski definition) is 12. The first-order chi connectivity index (χ1) is 18.1. The van der Waals surface area contributed by atoms with E-state index in [0.717, 1.165) is 11.8 Å². The van der Waals surface area contributed by atoms with Crippen LogP contribution in [0.2, 0.25) is 0 Å². The molecule has 0 unspecified atom stereocenters. The van der Waals surface area contributed by atoms with Crippen LogP contribution in [0.1, 0.15) is 18.9 Å². The smallest absolute Gasteiger partial charge is 0.331 e. The van der Waals surface area contributed by atoms with Gasteiger partial charge in [-0.1, -0.05) is 19.1 Å². The Kier molecular flexibility index (Phi) is 8.52. The average Bonchev–Trinajstić information content (AvgIpc) is 3.18. The Morgan fingerprint density at radius 1 is 1.13 bits per heavy atom. The summed E-state index contributed by atoms with van der Waals surface area (Å²) in [6.45, 7) is 1.03. The second kappa shape index (κ2) is 11.5. The van der Waals surface area contributed by atoms with Gasteiger partial charge in [-0.2, -0.15) is 0 Å². The largest absolute Gasteiger partial charge is 0.497 e. The lowest BCUT2D eigenvalue weighted by molar-refractivity contribution is -0.346. The van der Waals surface area contributed by atoms with Crippen molar-refractivity contribution in [3.8, 4) is 5.75 Å². The number of esters is 1. The summed E-state index contributed by atoms with van der Waals surface area (Å²) in [5.41, 5.74) is -1.12. The number of benzene rings is 1. The van der Waals surface area contributed by atoms with Gasteiger partial charge in [-0.05, 0) is 23.8 Å². The second-order valence-corrected chi connectivity index (χ2v) is 9.62. The number of ether oxygens (including phenoxy) is 5. The van der Waals surface area contributed by atoms with Gasteiger partial charge in [-0.15, -0.1) is 0 Å². The van der Waals surface area contributed by atoms with Crippen LogP contribution in [0, 0.1) is 11.8 Å². The van der Waals surface area contributed by atoms with Crippen molar-refractivity contribution < 1.29 is 58.8 Å². The third-order valence-corrected chi connectivity index (χ3v) is 7.38. The van der Waals surface area contributed by atoms with Crippen molar-refractivity contribution in [3.63, 3.8) is 0 Å². The van der Waals surface area contributed by atoms with Gasteiger partial charge < -0.3 is 49.2 Å². The summed E-state index contributed by atoms with van der Waals surface area (Å²) in [4.78, 5) is 24.3. The molecule has 5 N–H and O–H groups in total. The van der Waals surface area contributed by atoms with E-state index in [2.05, 4.69) is 0 Å². The zero-order valence-corrected chi connectivity index (χ0v) is 20.8. The molecule has 3 aliphatic rings. The summed E-state index contributed by atoms with van der Waals surface area (Å²) >= 11 is 0. The maximum atomic E-state index is 12.6. The third-order valence-electron chi connectivity index (χ3n) is 7.38. The molecule has 2 aliphatic heterocycles. The Morgan fingerprint density at radius 3 is 2.47 bits per heavy atom. The van der Waals surface area contributed by atoms with Crippen molar-refractivity contribution in [2.75, 3.05) is 13.7 Å². The van der Waals surface area contributed by atoms with E-state index in [4.69, 9.17) is 23.7 Å². The molecule has 0 spiro atoms. The van der Waals surface area contributed by atoms with E-state index in [1.54, 1.807) is 44.4 Å². The van der Waals surface area contributed by atoms with Gasteiger partial charge in [-0.25, -0.2) is 4.79 Å². The highest BCUT2D eigenvalue weighted by Crippen LogP contribution is 2.50. The first kappa shape index (κ1) is 28.2. The molecule has 0 radical (unpaired) electrons. The number of rotatable bonds is 8. The fourth-order valence-electron chi connectivity index (χ4n) is 5.18. The van der Waals surface area contributed by atoms with Gasteiger partial charge in [0, 0.05) is 18.4 Å². The predicted octanol–water partition coefficient (Wildman–Crippen LogP) is -0.737. The number of aliphatic hydroxyl groups excluding tert-OH is 4. The van der Waals surface area contributed by atoms with Crippen LogP contribution >= 0.6 is 0 Å². The third kappa shape index (κ3) is 5.34. The molecular formula is C26H32O12. The summed E-state index contributed by atoms with van der Waals surface area (Å²) in [6, 6.07) is 7.01. The maximum Gasteiger partial charge on any atom is 0.331 e. The summed E-state index contributed by atoms with van der Waals surface area (Å²) in [7, 11) is 1.55. The number of aliphatic hydroxyl groups is 5. The van der Waals surface area contributed by atoms with Gasteiger partial charge in [-0.3, -0.25) is 4.79 Å². The fraction of sp³-hybridized carbons (Fsp3) is 0.538. The lowest BCUT2D eigenvalue weighted by Crippen LogP contribution is -2.61. The quantitative estimate of drug-likeness (QED) is 0.160. The number of carbonyl (C=O) groups excluding carboxylic acids is 2. The molecule has 2 heterocycles. The molecule has 1 aliphatic carbocycles. The molecule has 38 heavy (non-hydrogen) atoms. The Bertz CT molecular complexity index is 1050. The zero-order valence-electron chi connectivity index (χ0n) is 20.8. The Balaban J connectivity index is 1.49. The van der Waals surface area contributed by atoms with Crippen LogP contribution < -0.4 is 4.74 Å². The summed E-state index contributed by atoms with van der Waals surface area (Å²) in [6.07, 6.45) is -5.68. The van der Waals surface area contributed by atoms with Crippen LogP contribution in [0.5, 0.6) is 5.75 Å². The van der Waals surface area contributed by atoms with Gasteiger partial charge in [0.25, 0.3) is 0 Å². The standard InChI is InChI=1S/C26H32O12/c1-13-17(36-19(29)8-5-14-3-6-16(34-2)7-4-14)9-26(33)15(10-27)12-35-24(20(13)26)38-25-23(32)22(31)21(30)18(11-28)37-25/h3-8,10,12-13,17-18,20-25,28,30-33H,9,11H2,1-2H3/b8-5+/t13-,17-,18-,20-,21+,22-,23-,24-,25-,26-/m0/s1. The van der Waals surface area contributed by atoms with Crippen molar-refractivity contribution in [3.05, 3.63) is 47.7 Å². The molecule has 1 saturated carbocycles. The molecule has 1 aromatic rings. The molecule has 2 fully saturated rings. The summed E-state index contributed by atoms with van der Waals surface area (Å²) in [5, 5.41) is 51.4. The molecule has 12 heteroatoms. The lowest BCUT2D eigenvalue weighted by atomic mass is 9.79. The average molecular weight is 537 g/mol. The van der Waals surface area contributed by atoms with E-state index in [0.29, 0.717) is 12.0 Å². The van der Waals surface area contributed by atoms with E-state index >= 15 is 0 Å². The van der Waals surface area contributed by atoms with Crippen LogP contribution in [0.3, 0.4) is 0 Å². The van der Waals surface area contributed by atoms with E-state index in [-0.39, 0.29) is 12.0 Å². The van der Waals surface area contributed by atoms with E-state index < -0.39 is 73.1 Å². The topological polar surface area (TPSA) is 181 Å². The van der Waals surface area contributed by atoms with Crippen LogP contribution in [-0.4, -0.2) is 100 Å². The van der Waals surface area contributed by atoms with Crippen molar-refractivity contribution in [2.24, 2.45) is 11.8 Å². The molecule has 1 aromatic carbocycles. The van der Waals surface area contributed by atoms with Gasteiger partial charge >= 0.3 is 5.97 Å². The molecule has 0 bridgehead atoms. The number of methoxy groups -OCH3 is 1. The van der Waals surface area contributed by atoms with Crippen molar-refractivity contribution >= 4 is 18.3 Å². The van der Waals surface area contributed by atoms with E-state index in [9.17, 15) is 35.1 Å². The van der Waals surface area contributed by atoms with E-state index in [1.807, 2.05) is 0 Å². The first-order valence-electron chi connectivity index (χ1n) is 12.1. The van der Waals surface area contributed by atoms with Crippen LogP contribution in [-0.2, 0) is 28.5 Å². The van der Waals surface area contributed by atoms with Gasteiger partial charge in [0.15, 0.2) is 12.6 Å². The molecule has 10 atom stereocenters. The highest BCUT2D eigenvalue weighted by molar-refractivity contribution is 5.87. The SMILES string of the molecule is COc1ccc(/C=C/C(=O)O[C@H]2C[C@]3(O)C(C=O)=CO[C@@H](O[C@@H]4O[C@@H](CO)[C@@H](O)[C@H](O)[C@@H]4O)[C@@H]3[C@H]2C)cc1. The maximum absolute atomic E-state index is 12.6. The number of aldehydes is 1. The monoisotopic (exact) mass is 536 g/mol. The van der Waals surface area contributed by atoms with Crippen LogP contribution in [0.4, 0.5) is 0 Å². The molecule has 0 amide bonds. The van der Waals surface area contributed by atoms with Gasteiger partial charge in [0.2, 0.25) is 6.29 Å². The lowest BCUT2D eigenvalue weighted by Gasteiger charge is -2.44. The second-order valence-electron chi connectivity index (χ2n) is 9.62. The number of hydrogen-bond donors (Lipinski definition) is 5. The number of fused-ring (bicyclic) bond motifs is 1. The summed E-state index contributed by atoms with van der Waals surface area (Å²) < 4.78 is 27.4. The van der Waals surface area contributed by atoms with E-state index in [1.165, 1.54) is 6.08 Å².